The number of likely N-dealkylation sites (tertiary alicyclic amines) is 1. The van der Waals surface area contributed by atoms with E-state index < -0.39 is 0 Å². The van der Waals surface area contributed by atoms with Gasteiger partial charge < -0.3 is 9.47 Å². The van der Waals surface area contributed by atoms with Crippen molar-refractivity contribution >= 4 is 36.4 Å². The maximum atomic E-state index is 13.5. The molecule has 3 aromatic rings. The Kier molecular flexibility index (Phi) is 8.41. The summed E-state index contributed by atoms with van der Waals surface area (Å²) in [5.41, 5.74) is 3.16. The molecule has 2 aromatic carbocycles. The molecule has 2 aliphatic rings. The predicted octanol–water partition coefficient (Wildman–Crippen LogP) is 5.87. The molecule has 5 rings (SSSR count). The van der Waals surface area contributed by atoms with Gasteiger partial charge >= 0.3 is 0 Å². The van der Waals surface area contributed by atoms with Crippen molar-refractivity contribution in [3.63, 3.8) is 0 Å². The first kappa shape index (κ1) is 26.2. The molecule has 6 nitrogen and oxygen atoms in total. The number of pyridine rings is 1. The van der Waals surface area contributed by atoms with Gasteiger partial charge in [-0.2, -0.15) is 0 Å². The summed E-state index contributed by atoms with van der Waals surface area (Å²) in [7, 11) is 1.61. The van der Waals surface area contributed by atoms with Gasteiger partial charge in [0.05, 0.1) is 30.9 Å². The van der Waals surface area contributed by atoms with Gasteiger partial charge in [-0.1, -0.05) is 36.4 Å². The van der Waals surface area contributed by atoms with E-state index >= 15 is 0 Å². The number of carbonyl (C=O) groups is 2. The normalized spacial score (nSPS) is 17.9. The number of hydrogen-bond acceptors (Lipinski definition) is 5. The standard InChI is InChI=1S/C30H28N2O4.ClH/c1-35-28-19-23(11-12-27(28)36-24-9-5-6-10-24)18-26-25(17-21-7-3-2-4-8-21)29(33)32(30(26)34)20-22-13-15-31-16-14-22;/h2-4,7-8,11-19,24H,5-6,9-10,20H2,1H3;1H. The van der Waals surface area contributed by atoms with Crippen LogP contribution in [0.2, 0.25) is 0 Å². The summed E-state index contributed by atoms with van der Waals surface area (Å²) in [6.45, 7) is 0.182. The zero-order valence-electron chi connectivity index (χ0n) is 20.6. The van der Waals surface area contributed by atoms with Gasteiger partial charge in [0.2, 0.25) is 0 Å². The van der Waals surface area contributed by atoms with Gasteiger partial charge in [0.15, 0.2) is 11.5 Å². The van der Waals surface area contributed by atoms with E-state index in [4.69, 9.17) is 9.47 Å². The fraction of sp³-hybridized carbons (Fsp3) is 0.233. The lowest BCUT2D eigenvalue weighted by Crippen LogP contribution is -2.29. The number of rotatable bonds is 7. The summed E-state index contributed by atoms with van der Waals surface area (Å²) in [6, 6.07) is 18.8. The monoisotopic (exact) mass is 516 g/mol. The highest BCUT2D eigenvalue weighted by atomic mass is 35.5. The molecule has 0 radical (unpaired) electrons. The Labute approximate surface area is 223 Å². The molecule has 0 unspecified atom stereocenters. The van der Waals surface area contributed by atoms with Crippen LogP contribution in [0.4, 0.5) is 0 Å². The van der Waals surface area contributed by atoms with Crippen LogP contribution in [0, 0.1) is 0 Å². The van der Waals surface area contributed by atoms with Gasteiger partial charge in [-0.05, 0) is 78.8 Å². The summed E-state index contributed by atoms with van der Waals surface area (Å²) in [5.74, 6) is 0.652. The smallest absolute Gasteiger partial charge is 0.261 e. The minimum atomic E-state index is -0.329. The van der Waals surface area contributed by atoms with E-state index in [1.807, 2.05) is 48.5 Å². The Hall–Kier alpha value is -3.90. The zero-order chi connectivity index (χ0) is 24.9. The number of carbonyl (C=O) groups excluding carboxylic acids is 2. The second-order valence-electron chi connectivity index (χ2n) is 9.01. The van der Waals surface area contributed by atoms with Crippen LogP contribution >= 0.6 is 12.4 Å². The van der Waals surface area contributed by atoms with Crippen LogP contribution in [-0.4, -0.2) is 34.9 Å². The lowest BCUT2D eigenvalue weighted by Gasteiger charge is -2.16. The van der Waals surface area contributed by atoms with Gasteiger partial charge in [-0.3, -0.25) is 19.5 Å². The molecule has 2 fully saturated rings. The topological polar surface area (TPSA) is 68.7 Å². The number of benzene rings is 2. The van der Waals surface area contributed by atoms with Gasteiger partial charge in [0.1, 0.15) is 0 Å². The lowest BCUT2D eigenvalue weighted by molar-refractivity contribution is -0.137. The van der Waals surface area contributed by atoms with E-state index in [0.717, 1.165) is 29.5 Å². The predicted molar refractivity (Wildman–Crippen MR) is 145 cm³/mol. The molecule has 190 valence electrons. The van der Waals surface area contributed by atoms with Gasteiger partial charge in [-0.15, -0.1) is 12.4 Å². The molecule has 0 bridgehead atoms. The van der Waals surface area contributed by atoms with Crippen molar-refractivity contribution in [1.82, 2.24) is 9.88 Å². The van der Waals surface area contributed by atoms with Crippen molar-refractivity contribution in [2.75, 3.05) is 7.11 Å². The number of amides is 2. The Morgan fingerprint density at radius 1 is 0.865 bits per heavy atom. The first-order valence-corrected chi connectivity index (χ1v) is 12.2. The Morgan fingerprint density at radius 3 is 2.16 bits per heavy atom. The lowest BCUT2D eigenvalue weighted by atomic mass is 10.0. The maximum absolute atomic E-state index is 13.5. The summed E-state index contributed by atoms with van der Waals surface area (Å²) in [4.78, 5) is 32.2. The second-order valence-corrected chi connectivity index (χ2v) is 9.01. The summed E-state index contributed by atoms with van der Waals surface area (Å²) in [5, 5.41) is 0. The fourth-order valence-electron chi connectivity index (χ4n) is 4.65. The molecular formula is C30H29ClN2O4. The van der Waals surface area contributed by atoms with Crippen LogP contribution in [0.1, 0.15) is 42.4 Å². The van der Waals surface area contributed by atoms with Crippen molar-refractivity contribution in [3.05, 3.63) is 101 Å². The summed E-state index contributed by atoms with van der Waals surface area (Å²) in [6.07, 6.45) is 11.5. The molecule has 1 aliphatic heterocycles. The van der Waals surface area contributed by atoms with E-state index in [-0.39, 0.29) is 36.9 Å². The number of nitrogens with zero attached hydrogens (tertiary/aromatic N) is 2. The van der Waals surface area contributed by atoms with E-state index in [9.17, 15) is 9.59 Å². The molecule has 1 saturated carbocycles. The molecule has 7 heteroatoms. The summed E-state index contributed by atoms with van der Waals surface area (Å²) < 4.78 is 11.7. The Bertz CT molecular complexity index is 1320. The highest BCUT2D eigenvalue weighted by Crippen LogP contribution is 2.35. The molecule has 0 atom stereocenters. The van der Waals surface area contributed by atoms with Gasteiger partial charge in [0.25, 0.3) is 11.8 Å². The minimum Gasteiger partial charge on any atom is -0.493 e. The van der Waals surface area contributed by atoms with Crippen LogP contribution in [-0.2, 0) is 16.1 Å². The number of aromatic nitrogens is 1. The van der Waals surface area contributed by atoms with E-state index in [1.54, 1.807) is 43.8 Å². The van der Waals surface area contributed by atoms with Gasteiger partial charge in [-0.25, -0.2) is 0 Å². The highest BCUT2D eigenvalue weighted by molar-refractivity contribution is 6.28. The third-order valence-electron chi connectivity index (χ3n) is 6.54. The molecule has 1 aliphatic carbocycles. The number of halogens is 1. The van der Waals surface area contributed by atoms with Crippen LogP contribution in [0.3, 0.4) is 0 Å². The number of methoxy groups -OCH3 is 1. The number of imide groups is 1. The van der Waals surface area contributed by atoms with Crippen LogP contribution in [0.15, 0.2) is 84.2 Å². The van der Waals surface area contributed by atoms with Crippen molar-refractivity contribution in [3.8, 4) is 11.5 Å². The van der Waals surface area contributed by atoms with E-state index in [0.29, 0.717) is 22.6 Å². The quantitative estimate of drug-likeness (QED) is 0.290. The van der Waals surface area contributed by atoms with Gasteiger partial charge in [0, 0.05) is 12.4 Å². The fourth-order valence-corrected chi connectivity index (χ4v) is 4.65. The molecule has 2 amide bonds. The minimum absolute atomic E-state index is 0. The molecule has 37 heavy (non-hydrogen) atoms. The largest absolute Gasteiger partial charge is 0.493 e. The van der Waals surface area contributed by atoms with Crippen molar-refractivity contribution in [1.29, 1.82) is 0 Å². The molecule has 1 saturated heterocycles. The van der Waals surface area contributed by atoms with Crippen LogP contribution in [0.25, 0.3) is 12.2 Å². The average molecular weight is 517 g/mol. The SMILES string of the molecule is COc1cc(C=C2C(=O)N(Cc3ccncc3)C(=O)C2=Cc2ccccc2)ccc1OC1CCCC1.Cl. The highest BCUT2D eigenvalue weighted by Gasteiger charge is 2.38. The second kappa shape index (κ2) is 11.9. The molecule has 0 spiro atoms. The Morgan fingerprint density at radius 2 is 1.51 bits per heavy atom. The van der Waals surface area contributed by atoms with Crippen LogP contribution < -0.4 is 9.47 Å². The first-order valence-electron chi connectivity index (χ1n) is 12.2. The van der Waals surface area contributed by atoms with Crippen LogP contribution in [0.5, 0.6) is 11.5 Å². The molecule has 1 aromatic heterocycles. The Balaban J connectivity index is 0.00000320. The van der Waals surface area contributed by atoms with Crippen molar-refractivity contribution in [2.24, 2.45) is 0 Å². The first-order chi connectivity index (χ1) is 17.6. The number of ether oxygens (including phenoxy) is 2. The van der Waals surface area contributed by atoms with Crippen molar-refractivity contribution < 1.29 is 19.1 Å². The molecule has 2 heterocycles. The maximum Gasteiger partial charge on any atom is 0.261 e. The molecule has 0 N–H and O–H groups in total. The van der Waals surface area contributed by atoms with Crippen molar-refractivity contribution in [2.45, 2.75) is 38.3 Å². The van der Waals surface area contributed by atoms with E-state index in [1.165, 1.54) is 17.7 Å². The average Bonchev–Trinajstić information content (AvgIpc) is 3.50. The zero-order valence-corrected chi connectivity index (χ0v) is 21.4. The molecular weight excluding hydrogens is 488 g/mol. The van der Waals surface area contributed by atoms with E-state index in [2.05, 4.69) is 4.98 Å². The third-order valence-corrected chi connectivity index (χ3v) is 6.54. The third kappa shape index (κ3) is 5.92. The number of hydrogen-bond donors (Lipinski definition) is 0. The summed E-state index contributed by atoms with van der Waals surface area (Å²) >= 11 is 0.